The second-order valence-electron chi connectivity index (χ2n) is 8.01. The first kappa shape index (κ1) is 19.9. The lowest BCUT2D eigenvalue weighted by Crippen LogP contribution is -2.49. The van der Waals surface area contributed by atoms with Crippen molar-refractivity contribution in [2.45, 2.75) is 80.6 Å². The van der Waals surface area contributed by atoms with E-state index in [0.29, 0.717) is 12.1 Å². The molecule has 0 atom stereocenters. The van der Waals surface area contributed by atoms with Gasteiger partial charge in [-0.05, 0) is 68.1 Å². The molecule has 26 heavy (non-hydrogen) atoms. The van der Waals surface area contributed by atoms with Gasteiger partial charge >= 0.3 is 10.2 Å². The molecule has 150 valence electrons. The molecule has 0 aromatic heterocycles. The van der Waals surface area contributed by atoms with Crippen molar-refractivity contribution in [3.8, 4) is 0 Å². The minimum Gasteiger partial charge on any atom is -0.375 e. The van der Waals surface area contributed by atoms with Crippen molar-refractivity contribution in [1.82, 2.24) is 0 Å². The zero-order chi connectivity index (χ0) is 19.2. The third kappa shape index (κ3) is 4.03. The first-order chi connectivity index (χ1) is 11.9. The maximum Gasteiger partial charge on any atom is 0.310 e. The molecular weight excluding hydrogens is 371 g/mol. The summed E-state index contributed by atoms with van der Waals surface area (Å²) in [7, 11) is -9.59. The summed E-state index contributed by atoms with van der Waals surface area (Å²) < 4.78 is 70.8. The largest absolute Gasteiger partial charge is 0.375 e. The highest BCUT2D eigenvalue weighted by Crippen LogP contribution is 3.02. The van der Waals surface area contributed by atoms with Crippen LogP contribution in [0.5, 0.6) is 0 Å². The standard InChI is InChI=1S/C19H27F5OS/c1-2-3-4-15-25-19-12-9-18(10-13-19,11-14-19)16-5-7-17(8-6-16)26(20,21,22,23)24/h5-8H,2-4,9-15H2,1H3. The average molecular weight is 398 g/mol. The molecule has 3 aliphatic rings. The molecule has 7 heteroatoms. The van der Waals surface area contributed by atoms with Crippen molar-refractivity contribution < 1.29 is 24.2 Å². The van der Waals surface area contributed by atoms with Crippen molar-refractivity contribution in [3.05, 3.63) is 29.8 Å². The molecule has 1 aromatic rings. The maximum atomic E-state index is 12.9. The van der Waals surface area contributed by atoms with Gasteiger partial charge in [-0.2, -0.15) is 0 Å². The fourth-order valence-electron chi connectivity index (χ4n) is 4.51. The van der Waals surface area contributed by atoms with Gasteiger partial charge in [0.1, 0.15) is 4.90 Å². The summed E-state index contributed by atoms with van der Waals surface area (Å²) in [5.41, 5.74) is 0.479. The Labute approximate surface area is 152 Å². The van der Waals surface area contributed by atoms with E-state index in [2.05, 4.69) is 6.92 Å². The predicted octanol–water partition coefficient (Wildman–Crippen LogP) is 7.90. The molecule has 3 aliphatic carbocycles. The number of halogens is 5. The van der Waals surface area contributed by atoms with Crippen LogP contribution >= 0.6 is 10.2 Å². The number of unbranched alkanes of at least 4 members (excludes halogenated alkanes) is 2. The van der Waals surface area contributed by atoms with Crippen LogP contribution in [0.15, 0.2) is 29.2 Å². The Bertz CT molecular complexity index is 628. The van der Waals surface area contributed by atoms with Crippen LogP contribution in [-0.4, -0.2) is 12.2 Å². The quantitative estimate of drug-likeness (QED) is 0.335. The lowest BCUT2D eigenvalue weighted by Gasteiger charge is -2.53. The third-order valence-electron chi connectivity index (χ3n) is 6.25. The SMILES string of the molecule is CCCCCOC12CCC(c3ccc(S(F)(F)(F)(F)F)cc3)(CC1)CC2. The summed E-state index contributed by atoms with van der Waals surface area (Å²) in [5.74, 6) is 0. The number of fused-ring (bicyclic) bond motifs is 3. The molecule has 1 aromatic carbocycles. The Balaban J connectivity index is 1.70. The van der Waals surface area contributed by atoms with Gasteiger partial charge < -0.3 is 4.74 Å². The van der Waals surface area contributed by atoms with E-state index in [0.717, 1.165) is 70.0 Å². The van der Waals surface area contributed by atoms with Crippen molar-refractivity contribution in [2.75, 3.05) is 6.61 Å². The van der Waals surface area contributed by atoms with E-state index in [9.17, 15) is 19.4 Å². The number of rotatable bonds is 7. The number of hydrogen-bond acceptors (Lipinski definition) is 1. The van der Waals surface area contributed by atoms with Gasteiger partial charge in [0, 0.05) is 6.61 Å². The second kappa shape index (κ2) is 5.84. The summed E-state index contributed by atoms with van der Waals surface area (Å²) in [6, 6.07) is 3.63. The van der Waals surface area contributed by atoms with Crippen LogP contribution in [0.1, 0.15) is 70.3 Å². The molecule has 1 nitrogen and oxygen atoms in total. The highest BCUT2D eigenvalue weighted by atomic mass is 32.5. The number of ether oxygens (including phenoxy) is 1. The van der Waals surface area contributed by atoms with Gasteiger partial charge in [-0.25, -0.2) is 0 Å². The predicted molar refractivity (Wildman–Crippen MR) is 95.4 cm³/mol. The molecule has 0 spiro atoms. The van der Waals surface area contributed by atoms with Crippen LogP contribution in [-0.2, 0) is 10.2 Å². The first-order valence-corrected chi connectivity index (χ1v) is 11.3. The molecule has 3 fully saturated rings. The van der Waals surface area contributed by atoms with Crippen molar-refractivity contribution in [3.63, 3.8) is 0 Å². The van der Waals surface area contributed by atoms with Gasteiger partial charge in [0.15, 0.2) is 0 Å². The first-order valence-electron chi connectivity index (χ1n) is 9.37. The van der Waals surface area contributed by atoms with Crippen LogP contribution in [0.25, 0.3) is 0 Å². The number of hydrogen-bond donors (Lipinski definition) is 0. The maximum absolute atomic E-state index is 12.9. The zero-order valence-electron chi connectivity index (χ0n) is 15.1. The van der Waals surface area contributed by atoms with Crippen LogP contribution in [0.3, 0.4) is 0 Å². The lowest BCUT2D eigenvalue weighted by atomic mass is 9.56. The van der Waals surface area contributed by atoms with Crippen LogP contribution < -0.4 is 0 Å². The lowest BCUT2D eigenvalue weighted by molar-refractivity contribution is -0.119. The fraction of sp³-hybridized carbons (Fsp3) is 0.684. The highest BCUT2D eigenvalue weighted by molar-refractivity contribution is 8.45. The molecule has 0 heterocycles. The van der Waals surface area contributed by atoms with Gasteiger partial charge in [-0.15, -0.1) is 0 Å². The van der Waals surface area contributed by atoms with Crippen molar-refractivity contribution in [2.24, 2.45) is 0 Å². The van der Waals surface area contributed by atoms with Crippen molar-refractivity contribution in [1.29, 1.82) is 0 Å². The van der Waals surface area contributed by atoms with Crippen LogP contribution in [0, 0.1) is 0 Å². The monoisotopic (exact) mass is 398 g/mol. The van der Waals surface area contributed by atoms with Gasteiger partial charge in [-0.1, -0.05) is 51.3 Å². The van der Waals surface area contributed by atoms with E-state index >= 15 is 0 Å². The smallest absolute Gasteiger partial charge is 0.310 e. The summed E-state index contributed by atoms with van der Waals surface area (Å²) in [4.78, 5) is -1.80. The molecule has 0 saturated heterocycles. The van der Waals surface area contributed by atoms with E-state index in [1.165, 1.54) is 12.1 Å². The molecular formula is C19H27F5OS. The molecule has 0 aliphatic heterocycles. The molecule has 0 radical (unpaired) electrons. The van der Waals surface area contributed by atoms with E-state index in [1.54, 1.807) is 0 Å². The summed E-state index contributed by atoms with van der Waals surface area (Å²) in [6.07, 6.45) is 8.56. The Hall–Kier alpha value is -0.820. The second-order valence-corrected chi connectivity index (χ2v) is 10.4. The summed E-state index contributed by atoms with van der Waals surface area (Å²) >= 11 is 0. The minimum atomic E-state index is -9.59. The zero-order valence-corrected chi connectivity index (χ0v) is 15.9. The Morgan fingerprint density at radius 3 is 1.85 bits per heavy atom. The molecule has 4 rings (SSSR count). The van der Waals surface area contributed by atoms with Gasteiger partial charge in [0.25, 0.3) is 0 Å². The Morgan fingerprint density at radius 1 is 0.846 bits per heavy atom. The molecule has 0 amide bonds. The summed E-state index contributed by atoms with van der Waals surface area (Å²) in [5, 5.41) is 0. The van der Waals surface area contributed by atoms with Crippen LogP contribution in [0.2, 0.25) is 0 Å². The normalized spacial score (nSPS) is 31.5. The van der Waals surface area contributed by atoms with Gasteiger partial charge in [-0.3, -0.25) is 0 Å². The van der Waals surface area contributed by atoms with Crippen LogP contribution in [0.4, 0.5) is 19.4 Å². The third-order valence-corrected chi connectivity index (χ3v) is 7.41. The van der Waals surface area contributed by atoms with Gasteiger partial charge in [0.05, 0.1) is 5.60 Å². The molecule has 0 unspecified atom stereocenters. The molecule has 2 bridgehead atoms. The topological polar surface area (TPSA) is 9.23 Å². The highest BCUT2D eigenvalue weighted by Gasteiger charge is 2.65. The van der Waals surface area contributed by atoms with E-state index in [1.807, 2.05) is 0 Å². The molecule has 3 saturated carbocycles. The Kier molecular flexibility index (Phi) is 4.47. The number of benzene rings is 1. The van der Waals surface area contributed by atoms with E-state index < -0.39 is 15.1 Å². The summed E-state index contributed by atoms with van der Waals surface area (Å²) in [6.45, 7) is 2.91. The fourth-order valence-corrected chi connectivity index (χ4v) is 5.16. The molecule has 0 N–H and O–H groups in total. The van der Waals surface area contributed by atoms with E-state index in [4.69, 9.17) is 4.74 Å². The van der Waals surface area contributed by atoms with Gasteiger partial charge in [0.2, 0.25) is 0 Å². The van der Waals surface area contributed by atoms with E-state index in [-0.39, 0.29) is 11.0 Å². The minimum absolute atomic E-state index is 0.0841. The average Bonchev–Trinajstić information content (AvgIpc) is 2.59. The van der Waals surface area contributed by atoms with Crippen molar-refractivity contribution >= 4 is 10.2 Å². The Morgan fingerprint density at radius 2 is 1.38 bits per heavy atom.